The zero-order valence-electron chi connectivity index (χ0n) is 23.2. The van der Waals surface area contributed by atoms with Gasteiger partial charge in [0.1, 0.15) is 17.6 Å². The molecule has 1 saturated heterocycles. The van der Waals surface area contributed by atoms with Gasteiger partial charge in [-0.15, -0.1) is 0 Å². The summed E-state index contributed by atoms with van der Waals surface area (Å²) >= 11 is 1.64. The van der Waals surface area contributed by atoms with Crippen molar-refractivity contribution in [3.05, 3.63) is 98.4 Å². The lowest BCUT2D eigenvalue weighted by molar-refractivity contribution is -0.137. The predicted molar refractivity (Wildman–Crippen MR) is 157 cm³/mol. The lowest BCUT2D eigenvalue weighted by atomic mass is 9.86. The van der Waals surface area contributed by atoms with E-state index < -0.39 is 69.6 Å². The summed E-state index contributed by atoms with van der Waals surface area (Å²) in [7, 11) is 0. The van der Waals surface area contributed by atoms with E-state index in [2.05, 4.69) is 5.32 Å². The fourth-order valence-corrected chi connectivity index (χ4v) is 8.18. The van der Waals surface area contributed by atoms with Crippen LogP contribution >= 0.6 is 23.1 Å². The molecule has 10 nitrogen and oxygen atoms in total. The van der Waals surface area contributed by atoms with Crippen LogP contribution in [0.15, 0.2) is 81.2 Å². The molecule has 3 atom stereocenters. The van der Waals surface area contributed by atoms with Crippen LogP contribution < -0.4 is 15.1 Å². The second-order valence-corrected chi connectivity index (χ2v) is 12.2. The number of hydrogen-bond donors (Lipinski definition) is 1. The van der Waals surface area contributed by atoms with Crippen LogP contribution in [-0.4, -0.2) is 40.1 Å². The largest absolute Gasteiger partial charge is 0.469 e. The Labute approximate surface area is 260 Å². The first-order valence-electron chi connectivity index (χ1n) is 13.5. The Morgan fingerprint density at radius 1 is 1.00 bits per heavy atom. The summed E-state index contributed by atoms with van der Waals surface area (Å²) in [6.07, 6.45) is -3.48. The summed E-state index contributed by atoms with van der Waals surface area (Å²) < 4.78 is 53.4. The van der Waals surface area contributed by atoms with Gasteiger partial charge in [0.25, 0.3) is 0 Å². The first-order valence-corrected chi connectivity index (χ1v) is 15.2. The lowest BCUT2D eigenvalue weighted by Crippen LogP contribution is -2.33. The molecule has 0 bridgehead atoms. The van der Waals surface area contributed by atoms with Gasteiger partial charge < -0.3 is 14.5 Å². The summed E-state index contributed by atoms with van der Waals surface area (Å²) in [5.74, 6) is -4.71. The van der Waals surface area contributed by atoms with Gasteiger partial charge in [-0.2, -0.15) is 13.2 Å². The highest BCUT2D eigenvalue weighted by molar-refractivity contribution is 8.00. The molecule has 2 aliphatic rings. The monoisotopic (exact) mass is 657 g/mol. The van der Waals surface area contributed by atoms with Crippen LogP contribution in [0.2, 0.25) is 0 Å². The number of nitrogens with zero attached hydrogens (tertiary/aromatic N) is 2. The Morgan fingerprint density at radius 3 is 2.40 bits per heavy atom. The molecule has 0 aliphatic carbocycles. The van der Waals surface area contributed by atoms with E-state index in [0.29, 0.717) is 15.5 Å². The number of carbonyl (C=O) groups excluding carboxylic acids is 4. The number of thiazole rings is 1. The van der Waals surface area contributed by atoms with Crippen molar-refractivity contribution in [1.29, 1.82) is 0 Å². The van der Waals surface area contributed by atoms with Crippen molar-refractivity contribution in [2.75, 3.05) is 16.8 Å². The molecule has 45 heavy (non-hydrogen) atoms. The Hall–Kier alpha value is -4.63. The van der Waals surface area contributed by atoms with Crippen LogP contribution in [0.3, 0.4) is 0 Å². The number of nitrogens with one attached hydrogen (secondary N) is 1. The Bertz CT molecular complexity index is 1870. The number of carbonyl (C=O) groups is 4. The van der Waals surface area contributed by atoms with Crippen molar-refractivity contribution in [1.82, 2.24) is 4.57 Å². The van der Waals surface area contributed by atoms with Gasteiger partial charge in [0.2, 0.25) is 17.7 Å². The molecule has 6 rings (SSSR count). The number of rotatable bonds is 7. The molecule has 1 N–H and O–H groups in total. The van der Waals surface area contributed by atoms with Crippen molar-refractivity contribution >= 4 is 58.2 Å². The van der Waals surface area contributed by atoms with Crippen LogP contribution in [0.1, 0.15) is 39.4 Å². The van der Waals surface area contributed by atoms with E-state index in [1.54, 1.807) is 19.1 Å². The number of benzene rings is 2. The number of alkyl halides is 3. The quantitative estimate of drug-likeness (QED) is 0.214. The molecule has 232 valence electrons. The Balaban J connectivity index is 1.33. The molecule has 1 fully saturated rings. The number of anilines is 2. The highest BCUT2D eigenvalue weighted by Crippen LogP contribution is 2.54. The summed E-state index contributed by atoms with van der Waals surface area (Å²) in [6, 6.07) is 13.4. The van der Waals surface area contributed by atoms with Gasteiger partial charge in [-0.05, 0) is 55.5 Å². The first kappa shape index (κ1) is 30.4. The number of aromatic nitrogens is 1. The van der Waals surface area contributed by atoms with Crippen molar-refractivity contribution in [3.63, 3.8) is 0 Å². The zero-order valence-corrected chi connectivity index (χ0v) is 24.8. The Morgan fingerprint density at radius 2 is 1.73 bits per heavy atom. The molecule has 0 unspecified atom stereocenters. The molecule has 0 radical (unpaired) electrons. The highest BCUT2D eigenvalue weighted by atomic mass is 32.2. The van der Waals surface area contributed by atoms with Gasteiger partial charge in [-0.1, -0.05) is 35.2 Å². The van der Waals surface area contributed by atoms with E-state index >= 15 is 0 Å². The van der Waals surface area contributed by atoms with E-state index in [0.717, 1.165) is 35.2 Å². The third kappa shape index (κ3) is 5.46. The smallest absolute Gasteiger partial charge is 0.418 e. The number of fused-ring (bicyclic) bond motifs is 2. The first-order chi connectivity index (χ1) is 21.5. The predicted octanol–water partition coefficient (Wildman–Crippen LogP) is 5.13. The van der Waals surface area contributed by atoms with Crippen LogP contribution in [0.5, 0.6) is 0 Å². The van der Waals surface area contributed by atoms with E-state index in [9.17, 15) is 37.1 Å². The number of imide groups is 1. The summed E-state index contributed by atoms with van der Waals surface area (Å²) in [5, 5.41) is 1.70. The fraction of sp³-hybridized carbons (Fsp3) is 0.233. The fourth-order valence-electron chi connectivity index (χ4n) is 5.42. The van der Waals surface area contributed by atoms with Crippen molar-refractivity contribution in [3.8, 4) is 0 Å². The molecular formula is C30H22F3N3O7S2. The molecule has 0 saturated carbocycles. The van der Waals surface area contributed by atoms with Gasteiger partial charge >= 0.3 is 17.0 Å². The minimum absolute atomic E-state index is 0.204. The minimum Gasteiger partial charge on any atom is -0.469 e. The topological polar surface area (TPSA) is 128 Å². The normalized spacial score (nSPS) is 19.3. The van der Waals surface area contributed by atoms with Crippen LogP contribution in [0.4, 0.5) is 24.5 Å². The maximum atomic E-state index is 13.9. The number of thioether (sulfide) groups is 1. The van der Waals surface area contributed by atoms with Gasteiger partial charge in [0.05, 0.1) is 51.4 Å². The standard InChI is InChI=1S/C30H22F3N3O7S2/c1-2-42-28(40)15-9-11-16(12-10-15)34-20(37)14-35-27-24(45-29(35)41)21(19-8-5-13-43-19)22-23(44-27)26(39)36(25(22)38)18-7-4-3-6-17(18)30(31,32)33/h3-13,21-23H,2,14H2,1H3,(H,34,37)/t21-,22-,23+/m0/s1. The molecule has 4 aromatic rings. The number of hydrogen-bond acceptors (Lipinski definition) is 9. The van der Waals surface area contributed by atoms with E-state index in [1.807, 2.05) is 0 Å². The number of amides is 3. The summed E-state index contributed by atoms with van der Waals surface area (Å²) in [6.45, 7) is 1.43. The number of para-hydroxylation sites is 1. The third-order valence-electron chi connectivity index (χ3n) is 7.33. The third-order valence-corrected chi connectivity index (χ3v) is 9.93. The molecule has 4 heterocycles. The highest BCUT2D eigenvalue weighted by Gasteiger charge is 2.58. The molecule has 3 amide bonds. The average molecular weight is 658 g/mol. The van der Waals surface area contributed by atoms with Crippen LogP contribution in [0, 0.1) is 5.92 Å². The molecule has 2 aliphatic heterocycles. The van der Waals surface area contributed by atoms with Crippen molar-refractivity contribution in [2.24, 2.45) is 5.92 Å². The number of furan rings is 1. The Kier molecular flexibility index (Phi) is 7.91. The molecule has 15 heteroatoms. The van der Waals surface area contributed by atoms with Gasteiger partial charge in [-0.3, -0.25) is 23.7 Å². The van der Waals surface area contributed by atoms with E-state index in [1.165, 1.54) is 47.2 Å². The van der Waals surface area contributed by atoms with Gasteiger partial charge in [-0.25, -0.2) is 9.69 Å². The number of halogens is 3. The zero-order chi connectivity index (χ0) is 32.0. The molecule has 0 spiro atoms. The second kappa shape index (κ2) is 11.7. The minimum atomic E-state index is -4.83. The van der Waals surface area contributed by atoms with Gasteiger partial charge in [0, 0.05) is 5.69 Å². The molecule has 2 aromatic carbocycles. The second-order valence-electron chi connectivity index (χ2n) is 10.1. The summed E-state index contributed by atoms with van der Waals surface area (Å²) in [4.78, 5) is 66.1. The SMILES string of the molecule is CCOC(=O)c1ccc(NC(=O)Cn2c3c(sc2=O)[C@@H](c2ccco2)[C@@H]2C(=O)N(c4ccccc4C(F)(F)F)C(=O)[C@@H]2S3)cc1. The number of ether oxygens (including phenoxy) is 1. The van der Waals surface area contributed by atoms with Crippen molar-refractivity contribution in [2.45, 2.75) is 35.8 Å². The van der Waals surface area contributed by atoms with E-state index in [-0.39, 0.29) is 23.0 Å². The lowest BCUT2D eigenvalue weighted by Gasteiger charge is -2.29. The van der Waals surface area contributed by atoms with Gasteiger partial charge in [0.15, 0.2) is 0 Å². The van der Waals surface area contributed by atoms with Crippen LogP contribution in [-0.2, 0) is 31.8 Å². The number of esters is 1. The molecular weight excluding hydrogens is 635 g/mol. The van der Waals surface area contributed by atoms with Crippen LogP contribution in [0.25, 0.3) is 0 Å². The average Bonchev–Trinajstić information content (AvgIpc) is 3.70. The molecule has 2 aromatic heterocycles. The summed E-state index contributed by atoms with van der Waals surface area (Å²) in [5.41, 5.74) is -1.08. The maximum absolute atomic E-state index is 13.9. The van der Waals surface area contributed by atoms with Crippen molar-refractivity contribution < 1.29 is 41.5 Å². The van der Waals surface area contributed by atoms with E-state index in [4.69, 9.17) is 9.15 Å². The maximum Gasteiger partial charge on any atom is 0.418 e.